The molecule has 1 aromatic rings. The zero-order valence-electron chi connectivity index (χ0n) is 10.5. The molecule has 0 aliphatic heterocycles. The zero-order chi connectivity index (χ0) is 13.5. The van der Waals surface area contributed by atoms with Gasteiger partial charge in [0.1, 0.15) is 11.4 Å². The van der Waals surface area contributed by atoms with Crippen molar-refractivity contribution >= 4 is 18.0 Å². The van der Waals surface area contributed by atoms with Crippen molar-refractivity contribution in [3.8, 4) is 5.75 Å². The first-order chi connectivity index (χ1) is 8.56. The lowest BCUT2D eigenvalue weighted by Crippen LogP contribution is -2.25. The van der Waals surface area contributed by atoms with Crippen LogP contribution in [0.4, 0.5) is 0 Å². The van der Waals surface area contributed by atoms with Crippen LogP contribution in [0.3, 0.4) is 0 Å². The Balaban J connectivity index is 3.05. The summed E-state index contributed by atoms with van der Waals surface area (Å²) in [6, 6.07) is 7.10. The summed E-state index contributed by atoms with van der Waals surface area (Å²) in [6.07, 6.45) is 1.52. The molecule has 0 radical (unpaired) electrons. The smallest absolute Gasteiger partial charge is 0.354 e. The Morgan fingerprint density at radius 2 is 2.00 bits per heavy atom. The second-order valence-electron chi connectivity index (χ2n) is 3.51. The second-order valence-corrected chi connectivity index (χ2v) is 3.51. The summed E-state index contributed by atoms with van der Waals surface area (Å²) < 4.78 is 9.66. The summed E-state index contributed by atoms with van der Waals surface area (Å²) in [4.78, 5) is 22.5. The minimum atomic E-state index is -0.604. The third kappa shape index (κ3) is 3.93. The third-order valence-electron chi connectivity index (χ3n) is 2.12. The van der Waals surface area contributed by atoms with E-state index in [1.165, 1.54) is 20.1 Å². The van der Waals surface area contributed by atoms with Gasteiger partial charge in [-0.05, 0) is 23.8 Å². The van der Waals surface area contributed by atoms with Crippen LogP contribution in [0.1, 0.15) is 12.5 Å². The molecule has 0 aliphatic rings. The van der Waals surface area contributed by atoms with Gasteiger partial charge in [0.15, 0.2) is 0 Å². The SMILES string of the molecule is COC(=O)C(=Cc1cccc(OC)c1)NC(C)=O. The second kappa shape index (κ2) is 6.44. The van der Waals surface area contributed by atoms with Crippen molar-refractivity contribution in [3.63, 3.8) is 0 Å². The standard InChI is InChI=1S/C13H15NO4/c1-9(15)14-12(13(16)18-3)8-10-5-4-6-11(7-10)17-2/h4-8H,1-3H3,(H,14,15). The summed E-state index contributed by atoms with van der Waals surface area (Å²) in [5.74, 6) is -0.279. The van der Waals surface area contributed by atoms with Crippen molar-refractivity contribution in [3.05, 3.63) is 35.5 Å². The summed E-state index contributed by atoms with van der Waals surface area (Å²) in [5, 5.41) is 2.42. The summed E-state index contributed by atoms with van der Waals surface area (Å²) in [7, 11) is 2.81. The van der Waals surface area contributed by atoms with Crippen LogP contribution in [-0.4, -0.2) is 26.1 Å². The van der Waals surface area contributed by atoms with Crippen LogP contribution in [0.2, 0.25) is 0 Å². The van der Waals surface area contributed by atoms with E-state index in [1.807, 2.05) is 0 Å². The van der Waals surface area contributed by atoms with E-state index in [2.05, 4.69) is 10.1 Å². The molecular formula is C13H15NO4. The highest BCUT2D eigenvalue weighted by Gasteiger charge is 2.11. The van der Waals surface area contributed by atoms with Gasteiger partial charge in [0.2, 0.25) is 5.91 Å². The van der Waals surface area contributed by atoms with Crippen molar-refractivity contribution in [2.45, 2.75) is 6.92 Å². The number of amides is 1. The lowest BCUT2D eigenvalue weighted by molar-refractivity contribution is -0.137. The summed E-state index contributed by atoms with van der Waals surface area (Å²) in [6.45, 7) is 1.32. The fourth-order valence-electron chi connectivity index (χ4n) is 1.34. The number of methoxy groups -OCH3 is 2. The molecule has 5 nitrogen and oxygen atoms in total. The maximum atomic E-state index is 11.5. The number of rotatable bonds is 4. The van der Waals surface area contributed by atoms with Crippen LogP contribution >= 0.6 is 0 Å². The first-order valence-electron chi connectivity index (χ1n) is 5.28. The molecule has 96 valence electrons. The molecule has 1 aromatic carbocycles. The van der Waals surface area contributed by atoms with Crippen molar-refractivity contribution in [1.29, 1.82) is 0 Å². The molecule has 0 bridgehead atoms. The van der Waals surface area contributed by atoms with Crippen molar-refractivity contribution in [2.24, 2.45) is 0 Å². The lowest BCUT2D eigenvalue weighted by Gasteiger charge is -2.06. The van der Waals surface area contributed by atoms with Crippen LogP contribution in [0.15, 0.2) is 30.0 Å². The molecule has 0 aromatic heterocycles. The van der Waals surface area contributed by atoms with Gasteiger partial charge in [0, 0.05) is 6.92 Å². The highest BCUT2D eigenvalue weighted by molar-refractivity contribution is 5.97. The molecular weight excluding hydrogens is 234 g/mol. The monoisotopic (exact) mass is 249 g/mol. The van der Waals surface area contributed by atoms with Gasteiger partial charge in [-0.25, -0.2) is 4.79 Å². The molecule has 1 rings (SSSR count). The van der Waals surface area contributed by atoms with Crippen LogP contribution in [0, 0.1) is 0 Å². The molecule has 1 N–H and O–H groups in total. The van der Waals surface area contributed by atoms with Gasteiger partial charge >= 0.3 is 5.97 Å². The van der Waals surface area contributed by atoms with E-state index in [-0.39, 0.29) is 11.6 Å². The van der Waals surface area contributed by atoms with Gasteiger partial charge < -0.3 is 14.8 Å². The fraction of sp³-hybridized carbons (Fsp3) is 0.231. The predicted molar refractivity (Wildman–Crippen MR) is 66.8 cm³/mol. The van der Waals surface area contributed by atoms with E-state index in [0.717, 1.165) is 5.56 Å². The number of carbonyl (C=O) groups is 2. The largest absolute Gasteiger partial charge is 0.497 e. The van der Waals surface area contributed by atoms with Crippen LogP contribution in [0.5, 0.6) is 5.75 Å². The van der Waals surface area contributed by atoms with Gasteiger partial charge in [0.05, 0.1) is 14.2 Å². The molecule has 0 heterocycles. The number of nitrogens with one attached hydrogen (secondary N) is 1. The van der Waals surface area contributed by atoms with E-state index in [0.29, 0.717) is 5.75 Å². The Bertz CT molecular complexity index is 480. The molecule has 5 heteroatoms. The number of hydrogen-bond donors (Lipinski definition) is 1. The topological polar surface area (TPSA) is 64.6 Å². The Morgan fingerprint density at radius 3 is 2.56 bits per heavy atom. The van der Waals surface area contributed by atoms with E-state index in [1.54, 1.807) is 31.4 Å². The first-order valence-corrected chi connectivity index (χ1v) is 5.28. The van der Waals surface area contributed by atoms with E-state index >= 15 is 0 Å². The minimum Gasteiger partial charge on any atom is -0.497 e. The molecule has 0 aliphatic carbocycles. The lowest BCUT2D eigenvalue weighted by atomic mass is 10.2. The van der Waals surface area contributed by atoms with Gasteiger partial charge in [-0.2, -0.15) is 0 Å². The van der Waals surface area contributed by atoms with Crippen molar-refractivity contribution in [1.82, 2.24) is 5.32 Å². The molecule has 18 heavy (non-hydrogen) atoms. The minimum absolute atomic E-state index is 0.0817. The van der Waals surface area contributed by atoms with Crippen LogP contribution in [-0.2, 0) is 14.3 Å². The van der Waals surface area contributed by atoms with Crippen LogP contribution in [0.25, 0.3) is 6.08 Å². The van der Waals surface area contributed by atoms with Gasteiger partial charge in [-0.1, -0.05) is 12.1 Å². The Hall–Kier alpha value is -2.30. The quantitative estimate of drug-likeness (QED) is 0.646. The Labute approximate surface area is 105 Å². The van der Waals surface area contributed by atoms with Gasteiger partial charge in [0.25, 0.3) is 0 Å². The Kier molecular flexibility index (Phi) is 4.92. The zero-order valence-corrected chi connectivity index (χ0v) is 10.5. The van der Waals surface area contributed by atoms with Gasteiger partial charge in [-0.15, -0.1) is 0 Å². The average molecular weight is 249 g/mol. The van der Waals surface area contributed by atoms with E-state index < -0.39 is 5.97 Å². The van der Waals surface area contributed by atoms with Crippen molar-refractivity contribution in [2.75, 3.05) is 14.2 Å². The normalized spacial score (nSPS) is 10.7. The van der Waals surface area contributed by atoms with E-state index in [9.17, 15) is 9.59 Å². The van der Waals surface area contributed by atoms with Crippen LogP contribution < -0.4 is 10.1 Å². The highest BCUT2D eigenvalue weighted by Crippen LogP contribution is 2.15. The summed E-state index contributed by atoms with van der Waals surface area (Å²) in [5.41, 5.74) is 0.807. The maximum Gasteiger partial charge on any atom is 0.354 e. The average Bonchev–Trinajstić information content (AvgIpc) is 2.36. The molecule has 0 spiro atoms. The van der Waals surface area contributed by atoms with Gasteiger partial charge in [-0.3, -0.25) is 4.79 Å². The number of benzene rings is 1. The number of hydrogen-bond acceptors (Lipinski definition) is 4. The number of esters is 1. The molecule has 0 saturated carbocycles. The predicted octanol–water partition coefficient (Wildman–Crippen LogP) is 1.35. The summed E-state index contributed by atoms with van der Waals surface area (Å²) >= 11 is 0. The molecule has 1 amide bonds. The first kappa shape index (κ1) is 13.8. The maximum absolute atomic E-state index is 11.5. The molecule has 0 unspecified atom stereocenters. The number of ether oxygens (including phenoxy) is 2. The van der Waals surface area contributed by atoms with Crippen molar-refractivity contribution < 1.29 is 19.1 Å². The highest BCUT2D eigenvalue weighted by atomic mass is 16.5. The Morgan fingerprint density at radius 1 is 1.28 bits per heavy atom. The third-order valence-corrected chi connectivity index (χ3v) is 2.12. The fourth-order valence-corrected chi connectivity index (χ4v) is 1.34. The van der Waals surface area contributed by atoms with E-state index in [4.69, 9.17) is 4.74 Å². The molecule has 0 fully saturated rings. The molecule has 0 saturated heterocycles. The molecule has 0 atom stereocenters. The number of carbonyl (C=O) groups excluding carboxylic acids is 2.